The maximum absolute atomic E-state index is 13.8. The lowest BCUT2D eigenvalue weighted by molar-refractivity contribution is -0.142. The Bertz CT molecular complexity index is 1460. The highest BCUT2D eigenvalue weighted by atomic mass is 16.4. The first-order valence-electron chi connectivity index (χ1n) is 14.8. The van der Waals surface area contributed by atoms with Crippen LogP contribution in [-0.2, 0) is 38.4 Å². The van der Waals surface area contributed by atoms with Crippen molar-refractivity contribution in [1.29, 1.82) is 0 Å². The number of phenols is 1. The molecular formula is C33H41N7O6. The minimum atomic E-state index is -1.27. The van der Waals surface area contributed by atoms with Crippen LogP contribution in [0.3, 0.4) is 0 Å². The second-order valence-electron chi connectivity index (χ2n) is 10.8. The maximum Gasteiger partial charge on any atom is 0.326 e. The molecule has 0 saturated carbocycles. The average molecular weight is 632 g/mol. The number of aliphatic imine (C=N–C) groups is 1. The van der Waals surface area contributed by atoms with Gasteiger partial charge in [0.25, 0.3) is 0 Å². The Labute approximate surface area is 267 Å². The number of carboxylic acids is 1. The molecule has 4 atom stereocenters. The molecule has 0 aliphatic rings. The Hall–Kier alpha value is -5.43. The smallest absolute Gasteiger partial charge is 0.326 e. The van der Waals surface area contributed by atoms with Gasteiger partial charge in [-0.25, -0.2) is 4.79 Å². The van der Waals surface area contributed by atoms with E-state index in [4.69, 9.17) is 17.2 Å². The molecule has 244 valence electrons. The molecule has 0 spiro atoms. The van der Waals surface area contributed by atoms with Gasteiger partial charge in [0.1, 0.15) is 23.9 Å². The number of carbonyl (C=O) groups excluding carboxylic acids is 3. The Morgan fingerprint density at radius 3 is 1.57 bits per heavy atom. The van der Waals surface area contributed by atoms with Crippen molar-refractivity contribution in [1.82, 2.24) is 16.0 Å². The van der Waals surface area contributed by atoms with Gasteiger partial charge >= 0.3 is 5.97 Å². The van der Waals surface area contributed by atoms with Crippen molar-refractivity contribution in [2.75, 3.05) is 6.54 Å². The predicted octanol–water partition coefficient (Wildman–Crippen LogP) is 0.340. The molecule has 0 aliphatic heterocycles. The van der Waals surface area contributed by atoms with E-state index in [1.807, 2.05) is 6.07 Å². The highest BCUT2D eigenvalue weighted by Crippen LogP contribution is 2.13. The summed E-state index contributed by atoms with van der Waals surface area (Å²) in [5.74, 6) is -3.27. The standard InChI is InChI=1S/C33H41N7O6/c34-25(12-7-17-37-33(35)36)29(42)38-26(18-21-8-3-1-4-9-21)30(43)39-27(19-23-13-15-24(41)16-14-23)31(44)40-28(32(45)46)20-22-10-5-2-6-11-22/h1-6,8-11,13-16,25-28,41H,7,12,17-20,34H2,(H,38,42)(H,39,43)(H,40,44)(H,45,46)(H4,35,36,37). The van der Waals surface area contributed by atoms with Gasteiger partial charge in [0.2, 0.25) is 17.7 Å². The molecule has 0 heterocycles. The fourth-order valence-corrected chi connectivity index (χ4v) is 4.66. The minimum Gasteiger partial charge on any atom is -0.508 e. The fraction of sp³-hybridized carbons (Fsp3) is 0.303. The molecule has 3 rings (SSSR count). The van der Waals surface area contributed by atoms with Crippen molar-refractivity contribution in [2.24, 2.45) is 22.2 Å². The second kappa shape index (κ2) is 17.8. The lowest BCUT2D eigenvalue weighted by Gasteiger charge is -2.25. The molecule has 13 heteroatoms. The number of hydrogen-bond donors (Lipinski definition) is 8. The number of nitrogens with zero attached hydrogens (tertiary/aromatic N) is 1. The monoisotopic (exact) mass is 631 g/mol. The summed E-state index contributed by atoms with van der Waals surface area (Å²) in [5, 5.41) is 27.5. The number of nitrogens with one attached hydrogen (secondary N) is 3. The average Bonchev–Trinajstić information content (AvgIpc) is 3.03. The fourth-order valence-electron chi connectivity index (χ4n) is 4.66. The third-order valence-corrected chi connectivity index (χ3v) is 7.13. The van der Waals surface area contributed by atoms with Crippen LogP contribution < -0.4 is 33.2 Å². The van der Waals surface area contributed by atoms with Crippen LogP contribution in [0, 0.1) is 0 Å². The van der Waals surface area contributed by atoms with E-state index in [1.54, 1.807) is 66.7 Å². The van der Waals surface area contributed by atoms with Crippen LogP contribution >= 0.6 is 0 Å². The van der Waals surface area contributed by atoms with Gasteiger partial charge in [-0.2, -0.15) is 0 Å². The Kier molecular flexibility index (Phi) is 13.5. The molecule has 3 aromatic rings. The zero-order valence-corrected chi connectivity index (χ0v) is 25.3. The van der Waals surface area contributed by atoms with Crippen LogP contribution in [0.2, 0.25) is 0 Å². The first-order chi connectivity index (χ1) is 22.0. The van der Waals surface area contributed by atoms with E-state index in [1.165, 1.54) is 12.1 Å². The Morgan fingerprint density at radius 2 is 1.09 bits per heavy atom. The van der Waals surface area contributed by atoms with Gasteiger partial charge in [-0.1, -0.05) is 72.8 Å². The van der Waals surface area contributed by atoms with Crippen molar-refractivity contribution < 1.29 is 29.4 Å². The number of phenolic OH excluding ortho intramolecular Hbond substituents is 1. The van der Waals surface area contributed by atoms with E-state index in [9.17, 15) is 29.4 Å². The quantitative estimate of drug-likeness (QED) is 0.0582. The zero-order chi connectivity index (χ0) is 33.5. The van der Waals surface area contributed by atoms with Gasteiger partial charge in [-0.3, -0.25) is 19.4 Å². The molecule has 13 nitrogen and oxygen atoms in total. The van der Waals surface area contributed by atoms with Crippen LogP contribution in [0.5, 0.6) is 5.75 Å². The van der Waals surface area contributed by atoms with E-state index in [-0.39, 0.29) is 43.9 Å². The molecule has 4 unspecified atom stereocenters. The van der Waals surface area contributed by atoms with Crippen molar-refractivity contribution in [2.45, 2.75) is 56.3 Å². The molecule has 0 bridgehead atoms. The lowest BCUT2D eigenvalue weighted by atomic mass is 10.0. The molecule has 46 heavy (non-hydrogen) atoms. The van der Waals surface area contributed by atoms with Crippen molar-refractivity contribution in [3.8, 4) is 5.75 Å². The van der Waals surface area contributed by atoms with Crippen LogP contribution in [0.1, 0.15) is 29.5 Å². The number of guanidine groups is 1. The molecule has 0 aliphatic carbocycles. The molecule has 0 saturated heterocycles. The third-order valence-electron chi connectivity index (χ3n) is 7.13. The number of aliphatic carboxylic acids is 1. The maximum atomic E-state index is 13.8. The summed E-state index contributed by atoms with van der Waals surface area (Å²) >= 11 is 0. The largest absolute Gasteiger partial charge is 0.508 e. The van der Waals surface area contributed by atoms with Crippen molar-refractivity contribution in [3.05, 3.63) is 102 Å². The third kappa shape index (κ3) is 11.9. The molecule has 11 N–H and O–H groups in total. The van der Waals surface area contributed by atoms with Gasteiger partial charge in [-0.05, 0) is 41.7 Å². The summed E-state index contributed by atoms with van der Waals surface area (Å²) in [5.41, 5.74) is 18.8. The molecule has 0 aromatic heterocycles. The van der Waals surface area contributed by atoms with Crippen LogP contribution in [0.25, 0.3) is 0 Å². The highest BCUT2D eigenvalue weighted by Gasteiger charge is 2.31. The molecular weight excluding hydrogens is 590 g/mol. The van der Waals surface area contributed by atoms with Crippen molar-refractivity contribution in [3.63, 3.8) is 0 Å². The summed E-state index contributed by atoms with van der Waals surface area (Å²) in [6.45, 7) is 0.285. The summed E-state index contributed by atoms with van der Waals surface area (Å²) in [6.07, 6.45) is 0.788. The lowest BCUT2D eigenvalue weighted by Crippen LogP contribution is -2.58. The van der Waals surface area contributed by atoms with Gasteiger partial charge in [0.15, 0.2) is 5.96 Å². The molecule has 0 radical (unpaired) electrons. The molecule has 3 amide bonds. The highest BCUT2D eigenvalue weighted by molar-refractivity contribution is 5.94. The number of nitrogens with two attached hydrogens (primary N) is 3. The number of carbonyl (C=O) groups is 4. The predicted molar refractivity (Wildman–Crippen MR) is 173 cm³/mol. The van der Waals surface area contributed by atoms with Gasteiger partial charge in [0, 0.05) is 25.8 Å². The van der Waals surface area contributed by atoms with Crippen LogP contribution in [-0.4, -0.2) is 70.6 Å². The Balaban J connectivity index is 1.81. The zero-order valence-electron chi connectivity index (χ0n) is 25.3. The topological polar surface area (TPSA) is 235 Å². The van der Waals surface area contributed by atoms with E-state index in [2.05, 4.69) is 20.9 Å². The first-order valence-corrected chi connectivity index (χ1v) is 14.8. The van der Waals surface area contributed by atoms with Crippen molar-refractivity contribution >= 4 is 29.7 Å². The molecule has 3 aromatic carbocycles. The normalized spacial score (nSPS) is 13.3. The SMILES string of the molecule is NC(N)=NCCCC(N)C(=O)NC(Cc1ccccc1)C(=O)NC(Cc1ccc(O)cc1)C(=O)NC(Cc1ccccc1)C(=O)O. The minimum absolute atomic E-state index is 0.0165. The number of hydrogen-bond acceptors (Lipinski definition) is 7. The Morgan fingerprint density at radius 1 is 0.652 bits per heavy atom. The summed E-state index contributed by atoms with van der Waals surface area (Å²) in [4.78, 5) is 56.4. The summed E-state index contributed by atoms with van der Waals surface area (Å²) in [6, 6.07) is 19.3. The summed E-state index contributed by atoms with van der Waals surface area (Å²) < 4.78 is 0. The van der Waals surface area contributed by atoms with E-state index >= 15 is 0 Å². The van der Waals surface area contributed by atoms with E-state index < -0.39 is 47.9 Å². The van der Waals surface area contributed by atoms with Crippen LogP contribution in [0.4, 0.5) is 0 Å². The number of carboxylic acid groups (broad SMARTS) is 1. The van der Waals surface area contributed by atoms with Gasteiger partial charge in [0.05, 0.1) is 6.04 Å². The van der Waals surface area contributed by atoms with Gasteiger partial charge in [-0.15, -0.1) is 0 Å². The number of benzene rings is 3. The van der Waals surface area contributed by atoms with Gasteiger partial charge < -0.3 is 43.4 Å². The first kappa shape index (κ1) is 35.1. The van der Waals surface area contributed by atoms with E-state index in [0.29, 0.717) is 17.5 Å². The van der Waals surface area contributed by atoms with Crippen LogP contribution in [0.15, 0.2) is 89.9 Å². The number of amides is 3. The number of rotatable bonds is 17. The second-order valence-corrected chi connectivity index (χ2v) is 10.8. The molecule has 0 fully saturated rings. The summed E-state index contributed by atoms with van der Waals surface area (Å²) in [7, 11) is 0. The number of aromatic hydroxyl groups is 1. The van der Waals surface area contributed by atoms with E-state index in [0.717, 1.165) is 5.56 Å².